The van der Waals surface area contributed by atoms with Gasteiger partial charge in [0.1, 0.15) is 12.2 Å². The number of hydrogen-bond acceptors (Lipinski definition) is 2. The molecule has 2 unspecified atom stereocenters. The first-order valence-corrected chi connectivity index (χ1v) is 4.77. The van der Waals surface area contributed by atoms with Crippen LogP contribution in [0.3, 0.4) is 0 Å². The Bertz CT molecular complexity index is 359. The summed E-state index contributed by atoms with van der Waals surface area (Å²) in [5.74, 6) is -1.22. The number of aliphatic carboxylic acids is 1. The highest BCUT2D eigenvalue weighted by Crippen LogP contribution is 2.28. The van der Waals surface area contributed by atoms with Gasteiger partial charge in [0, 0.05) is 17.0 Å². The van der Waals surface area contributed by atoms with Crippen molar-refractivity contribution in [3.8, 4) is 0 Å². The lowest BCUT2D eigenvalue weighted by atomic mass is 10.0. The van der Waals surface area contributed by atoms with Gasteiger partial charge in [-0.2, -0.15) is 0 Å². The number of halogens is 2. The van der Waals surface area contributed by atoms with Gasteiger partial charge in [-0.05, 0) is 6.07 Å². The third-order valence-electron chi connectivity index (χ3n) is 2.02. The zero-order valence-electron chi connectivity index (χ0n) is 7.86. The van der Waals surface area contributed by atoms with Crippen LogP contribution in [0, 0.1) is 0 Å². The Hall–Kier alpha value is -1.13. The standard InChI is InChI=1S/C10H11ClFNO2/c11-7-4-2-1-3-6(7)8(12)5-9(13)10(14)15/h1-4,8-9H,5,13H2,(H,14,15). The predicted octanol–water partition coefficient (Wildman–Crippen LogP) is 2.15. The van der Waals surface area contributed by atoms with Crippen molar-refractivity contribution in [2.75, 3.05) is 0 Å². The van der Waals surface area contributed by atoms with E-state index in [1.807, 2.05) is 0 Å². The van der Waals surface area contributed by atoms with Crippen molar-refractivity contribution in [1.29, 1.82) is 0 Å². The summed E-state index contributed by atoms with van der Waals surface area (Å²) in [6.45, 7) is 0. The summed E-state index contributed by atoms with van der Waals surface area (Å²) in [5, 5.41) is 8.80. The second kappa shape index (κ2) is 5.09. The van der Waals surface area contributed by atoms with Gasteiger partial charge in [-0.1, -0.05) is 29.8 Å². The molecule has 82 valence electrons. The van der Waals surface area contributed by atoms with Gasteiger partial charge in [-0.3, -0.25) is 4.79 Å². The van der Waals surface area contributed by atoms with Crippen molar-refractivity contribution in [2.24, 2.45) is 5.73 Å². The summed E-state index contributed by atoms with van der Waals surface area (Å²) in [6.07, 6.45) is -1.73. The van der Waals surface area contributed by atoms with Crippen molar-refractivity contribution in [2.45, 2.75) is 18.6 Å². The number of carbonyl (C=O) groups is 1. The molecule has 0 spiro atoms. The average molecular weight is 232 g/mol. The van der Waals surface area contributed by atoms with E-state index in [2.05, 4.69) is 0 Å². The highest BCUT2D eigenvalue weighted by Gasteiger charge is 2.20. The summed E-state index contributed by atoms with van der Waals surface area (Å²) in [7, 11) is 0. The van der Waals surface area contributed by atoms with Crippen LogP contribution in [0.5, 0.6) is 0 Å². The van der Waals surface area contributed by atoms with Crippen molar-refractivity contribution in [3.05, 3.63) is 34.9 Å². The maximum Gasteiger partial charge on any atom is 0.320 e. The number of benzene rings is 1. The Morgan fingerprint density at radius 2 is 2.13 bits per heavy atom. The van der Waals surface area contributed by atoms with Gasteiger partial charge in [0.25, 0.3) is 0 Å². The Labute approximate surface area is 91.7 Å². The van der Waals surface area contributed by atoms with E-state index in [0.29, 0.717) is 0 Å². The second-order valence-electron chi connectivity index (χ2n) is 3.17. The summed E-state index contributed by atoms with van der Waals surface area (Å²) >= 11 is 5.75. The summed E-state index contributed by atoms with van der Waals surface area (Å²) in [5.41, 5.74) is 5.50. The molecule has 3 N–H and O–H groups in total. The lowest BCUT2D eigenvalue weighted by molar-refractivity contribution is -0.139. The molecule has 0 amide bonds. The van der Waals surface area contributed by atoms with Gasteiger partial charge in [0.2, 0.25) is 0 Å². The third kappa shape index (κ3) is 3.18. The molecule has 15 heavy (non-hydrogen) atoms. The minimum Gasteiger partial charge on any atom is -0.480 e. The van der Waals surface area contributed by atoms with E-state index in [4.69, 9.17) is 22.4 Å². The largest absolute Gasteiger partial charge is 0.480 e. The Morgan fingerprint density at radius 3 is 2.67 bits per heavy atom. The van der Waals surface area contributed by atoms with E-state index in [0.717, 1.165) is 0 Å². The molecule has 0 saturated carbocycles. The average Bonchev–Trinajstić information content (AvgIpc) is 2.18. The smallest absolute Gasteiger partial charge is 0.320 e. The molecule has 2 atom stereocenters. The molecular weight excluding hydrogens is 221 g/mol. The molecule has 0 heterocycles. The van der Waals surface area contributed by atoms with Crippen molar-refractivity contribution >= 4 is 17.6 Å². The van der Waals surface area contributed by atoms with Crippen LogP contribution in [0.4, 0.5) is 4.39 Å². The molecule has 1 aromatic rings. The van der Waals surface area contributed by atoms with Crippen molar-refractivity contribution in [1.82, 2.24) is 0 Å². The zero-order chi connectivity index (χ0) is 11.4. The van der Waals surface area contributed by atoms with Crippen LogP contribution in [0.25, 0.3) is 0 Å². The lowest BCUT2D eigenvalue weighted by Gasteiger charge is -2.12. The predicted molar refractivity (Wildman–Crippen MR) is 55.5 cm³/mol. The van der Waals surface area contributed by atoms with Gasteiger partial charge >= 0.3 is 5.97 Å². The number of hydrogen-bond donors (Lipinski definition) is 2. The van der Waals surface area contributed by atoms with E-state index in [9.17, 15) is 9.18 Å². The molecule has 0 aliphatic carbocycles. The van der Waals surface area contributed by atoms with Crippen LogP contribution in [-0.4, -0.2) is 17.1 Å². The quantitative estimate of drug-likeness (QED) is 0.835. The first-order valence-electron chi connectivity index (χ1n) is 4.39. The molecule has 0 saturated heterocycles. The Kier molecular flexibility index (Phi) is 4.05. The summed E-state index contributed by atoms with van der Waals surface area (Å²) < 4.78 is 13.6. The zero-order valence-corrected chi connectivity index (χ0v) is 8.62. The highest BCUT2D eigenvalue weighted by atomic mass is 35.5. The maximum atomic E-state index is 13.6. The van der Waals surface area contributed by atoms with Crippen LogP contribution in [-0.2, 0) is 4.79 Å². The molecule has 3 nitrogen and oxygen atoms in total. The number of carboxylic acids is 1. The topological polar surface area (TPSA) is 63.3 Å². The third-order valence-corrected chi connectivity index (χ3v) is 2.36. The normalized spacial score (nSPS) is 14.6. The number of alkyl halides is 1. The van der Waals surface area contributed by atoms with Crippen molar-refractivity contribution in [3.63, 3.8) is 0 Å². The molecular formula is C10H11ClFNO2. The molecule has 0 aliphatic rings. The van der Waals surface area contributed by atoms with Gasteiger partial charge in [0.15, 0.2) is 0 Å². The van der Waals surface area contributed by atoms with Gasteiger partial charge in [-0.25, -0.2) is 4.39 Å². The van der Waals surface area contributed by atoms with E-state index in [1.54, 1.807) is 18.2 Å². The van der Waals surface area contributed by atoms with Crippen LogP contribution in [0.2, 0.25) is 5.02 Å². The number of rotatable bonds is 4. The molecule has 1 rings (SSSR count). The fourth-order valence-corrected chi connectivity index (χ4v) is 1.43. The van der Waals surface area contributed by atoms with Gasteiger partial charge in [-0.15, -0.1) is 0 Å². The summed E-state index contributed by atoms with van der Waals surface area (Å²) in [6, 6.07) is 5.17. The molecule has 0 fully saturated rings. The van der Waals surface area contributed by atoms with E-state index < -0.39 is 18.2 Å². The fourth-order valence-electron chi connectivity index (χ4n) is 1.18. The van der Waals surface area contributed by atoms with Crippen molar-refractivity contribution < 1.29 is 14.3 Å². The van der Waals surface area contributed by atoms with Gasteiger partial charge in [0.05, 0.1) is 0 Å². The lowest BCUT2D eigenvalue weighted by Crippen LogP contribution is -2.31. The monoisotopic (exact) mass is 231 g/mol. The SMILES string of the molecule is NC(CC(F)c1ccccc1Cl)C(=O)O. The fraction of sp³-hybridized carbons (Fsp3) is 0.300. The molecule has 0 aromatic heterocycles. The van der Waals surface area contributed by atoms with Crippen LogP contribution < -0.4 is 5.73 Å². The van der Waals surface area contributed by atoms with E-state index in [1.165, 1.54) is 6.07 Å². The Balaban J connectivity index is 2.73. The van der Waals surface area contributed by atoms with Gasteiger partial charge < -0.3 is 10.8 Å². The summed E-state index contributed by atoms with van der Waals surface area (Å²) in [4.78, 5) is 10.4. The molecule has 5 heteroatoms. The minimum absolute atomic E-state index is 0.274. The first kappa shape index (κ1) is 11.9. The second-order valence-corrected chi connectivity index (χ2v) is 3.58. The van der Waals surface area contributed by atoms with Crippen LogP contribution in [0.1, 0.15) is 18.2 Å². The Morgan fingerprint density at radius 1 is 1.53 bits per heavy atom. The van der Waals surface area contributed by atoms with Crippen LogP contribution >= 0.6 is 11.6 Å². The number of carboxylic acid groups (broad SMARTS) is 1. The molecule has 0 bridgehead atoms. The minimum atomic E-state index is -1.45. The first-order chi connectivity index (χ1) is 7.02. The van der Waals surface area contributed by atoms with E-state index >= 15 is 0 Å². The maximum absolute atomic E-state index is 13.6. The molecule has 1 aromatic carbocycles. The van der Waals surface area contributed by atoms with Crippen LogP contribution in [0.15, 0.2) is 24.3 Å². The highest BCUT2D eigenvalue weighted by molar-refractivity contribution is 6.31. The van der Waals surface area contributed by atoms with E-state index in [-0.39, 0.29) is 17.0 Å². The number of nitrogens with two attached hydrogens (primary N) is 1. The molecule has 0 aliphatic heterocycles. The molecule has 0 radical (unpaired) electrons.